The molecular weight excluding hydrogens is 452 g/mol. The molecular formula is C21H28N4O7S. The van der Waals surface area contributed by atoms with E-state index in [1.807, 2.05) is 6.92 Å². The average molecular weight is 481 g/mol. The molecule has 180 valence electrons. The fourth-order valence-electron chi connectivity index (χ4n) is 4.81. The van der Waals surface area contributed by atoms with Gasteiger partial charge in [0.05, 0.1) is 12.1 Å². The first kappa shape index (κ1) is 23.3. The number of carbonyl (C=O) groups is 4. The third-order valence-corrected chi connectivity index (χ3v) is 8.33. The molecule has 1 spiro atoms. The van der Waals surface area contributed by atoms with E-state index in [2.05, 4.69) is 16.0 Å². The Hall–Kier alpha value is -2.89. The highest BCUT2D eigenvalue weighted by Crippen LogP contribution is 2.45. The first-order valence-corrected chi connectivity index (χ1v) is 12.1. The molecule has 1 unspecified atom stereocenters. The van der Waals surface area contributed by atoms with E-state index >= 15 is 0 Å². The molecule has 0 radical (unpaired) electrons. The van der Waals surface area contributed by atoms with E-state index in [0.717, 1.165) is 12.1 Å². The second kappa shape index (κ2) is 8.81. The number of nitrogens with zero attached hydrogens (tertiary/aromatic N) is 1. The number of hydrogen-bond acceptors (Lipinski definition) is 8. The Bertz CT molecular complexity index is 962. The summed E-state index contributed by atoms with van der Waals surface area (Å²) in [5, 5.41) is 28.2. The molecule has 1 aromatic heterocycles. The fourth-order valence-corrected chi connectivity index (χ4v) is 6.44. The third-order valence-electron chi connectivity index (χ3n) is 6.64. The summed E-state index contributed by atoms with van der Waals surface area (Å²) in [6.45, 7) is 1.89. The van der Waals surface area contributed by atoms with Crippen molar-refractivity contribution in [1.82, 2.24) is 20.7 Å². The van der Waals surface area contributed by atoms with Crippen molar-refractivity contribution in [3.63, 3.8) is 0 Å². The molecule has 4 heterocycles. The molecule has 3 saturated heterocycles. The van der Waals surface area contributed by atoms with E-state index in [4.69, 9.17) is 4.84 Å². The third kappa shape index (κ3) is 3.90. The molecule has 0 aliphatic carbocycles. The Kier molecular flexibility index (Phi) is 6.21. The standard InChI is InChI=1S/C21H28N4O7S/c1-2-3-9-20(18(30)32-25-14(27)7-8-15(25)28)13(26)6-4-5-10-21(17(29)24-20)16-12(11-33-21)22-19(31)23-16/h7-8,12,16,27-28H,2-6,9-11H2,1H3,(H,24,29)(H2,22,23,31)/t12-,16-,20?,21-/m0/s1. The van der Waals surface area contributed by atoms with E-state index < -0.39 is 45.7 Å². The lowest BCUT2D eigenvalue weighted by Crippen LogP contribution is -2.67. The first-order chi connectivity index (χ1) is 15.7. The average Bonchev–Trinajstić information content (AvgIpc) is 3.43. The van der Waals surface area contributed by atoms with Gasteiger partial charge in [-0.15, -0.1) is 16.5 Å². The predicted molar refractivity (Wildman–Crippen MR) is 118 cm³/mol. The highest BCUT2D eigenvalue weighted by molar-refractivity contribution is 8.01. The van der Waals surface area contributed by atoms with Crippen LogP contribution in [0.3, 0.4) is 0 Å². The van der Waals surface area contributed by atoms with Crippen LogP contribution in [0, 0.1) is 0 Å². The maximum absolute atomic E-state index is 13.8. The number of thioether (sulfide) groups is 1. The van der Waals surface area contributed by atoms with Gasteiger partial charge in [-0.25, -0.2) is 9.59 Å². The number of nitrogens with one attached hydrogen (secondary N) is 3. The number of Topliss-reactive ketones (excluding diaryl/α,β-unsaturated/α-hetero) is 1. The van der Waals surface area contributed by atoms with Crippen molar-refractivity contribution in [2.45, 2.75) is 74.2 Å². The first-order valence-electron chi connectivity index (χ1n) is 11.1. The molecule has 4 atom stereocenters. The minimum absolute atomic E-state index is 0.00908. The second-order valence-electron chi connectivity index (χ2n) is 8.72. The van der Waals surface area contributed by atoms with Crippen molar-refractivity contribution < 1.29 is 34.2 Å². The van der Waals surface area contributed by atoms with Gasteiger partial charge >= 0.3 is 12.0 Å². The van der Waals surface area contributed by atoms with Crippen LogP contribution in [-0.4, -0.2) is 66.8 Å². The van der Waals surface area contributed by atoms with Gasteiger partial charge in [0.1, 0.15) is 4.75 Å². The minimum atomic E-state index is -1.98. The molecule has 0 saturated carbocycles. The lowest BCUT2D eigenvalue weighted by atomic mass is 9.85. The number of carbonyl (C=O) groups excluding carboxylic acids is 4. The molecule has 3 fully saturated rings. The SMILES string of the molecule is CCCCC1(C(=O)On2c(O)ccc2O)NC(=O)[C@@]2(CCCCC1=O)SC[C@@H]1NC(=O)N[C@@H]12. The maximum Gasteiger partial charge on any atom is 0.366 e. The summed E-state index contributed by atoms with van der Waals surface area (Å²) < 4.78 is -0.525. The summed E-state index contributed by atoms with van der Waals surface area (Å²) in [5.41, 5.74) is -1.98. The van der Waals surface area contributed by atoms with Crippen molar-refractivity contribution in [2.24, 2.45) is 0 Å². The van der Waals surface area contributed by atoms with Crippen LogP contribution >= 0.6 is 11.8 Å². The Balaban J connectivity index is 1.71. The molecule has 1 aromatic rings. The molecule has 3 amide bonds. The Morgan fingerprint density at radius 1 is 1.21 bits per heavy atom. The van der Waals surface area contributed by atoms with E-state index in [1.165, 1.54) is 11.8 Å². The molecule has 4 rings (SSSR count). The van der Waals surface area contributed by atoms with Crippen LogP contribution in [0.5, 0.6) is 11.8 Å². The number of urea groups is 1. The van der Waals surface area contributed by atoms with Crippen molar-refractivity contribution >= 4 is 35.5 Å². The highest BCUT2D eigenvalue weighted by atomic mass is 32.2. The number of unbranched alkanes of at least 4 members (excludes halogenated alkanes) is 1. The van der Waals surface area contributed by atoms with Gasteiger partial charge < -0.3 is 31.0 Å². The molecule has 12 heteroatoms. The van der Waals surface area contributed by atoms with Gasteiger partial charge in [0.15, 0.2) is 11.3 Å². The smallest absolute Gasteiger partial charge is 0.366 e. The van der Waals surface area contributed by atoms with Crippen molar-refractivity contribution in [2.75, 3.05) is 5.75 Å². The zero-order valence-corrected chi connectivity index (χ0v) is 19.1. The number of fused-ring (bicyclic) bond motifs is 2. The van der Waals surface area contributed by atoms with E-state index in [-0.39, 0.29) is 24.9 Å². The highest BCUT2D eigenvalue weighted by Gasteiger charge is 2.60. The molecule has 0 bridgehead atoms. The van der Waals surface area contributed by atoms with Crippen LogP contribution in [0.25, 0.3) is 0 Å². The molecule has 3 aliphatic heterocycles. The van der Waals surface area contributed by atoms with Crippen molar-refractivity contribution in [3.8, 4) is 11.8 Å². The van der Waals surface area contributed by atoms with Crippen LogP contribution in [0.1, 0.15) is 51.9 Å². The fraction of sp³-hybridized carbons (Fsp3) is 0.619. The van der Waals surface area contributed by atoms with Gasteiger partial charge in [0.25, 0.3) is 0 Å². The van der Waals surface area contributed by atoms with Crippen molar-refractivity contribution in [1.29, 1.82) is 0 Å². The van der Waals surface area contributed by atoms with Gasteiger partial charge in [-0.1, -0.05) is 26.2 Å². The largest absolute Gasteiger partial charge is 0.492 e. The minimum Gasteiger partial charge on any atom is -0.492 e. The zero-order chi connectivity index (χ0) is 23.8. The van der Waals surface area contributed by atoms with Crippen LogP contribution in [0.4, 0.5) is 4.79 Å². The zero-order valence-electron chi connectivity index (χ0n) is 18.3. The van der Waals surface area contributed by atoms with Gasteiger partial charge in [-0.3, -0.25) is 9.59 Å². The molecule has 3 aliphatic rings. The number of rotatable bonds is 5. The van der Waals surface area contributed by atoms with E-state index in [0.29, 0.717) is 42.6 Å². The van der Waals surface area contributed by atoms with Crippen LogP contribution in [-0.2, 0) is 14.4 Å². The molecule has 0 aromatic carbocycles. The van der Waals surface area contributed by atoms with Gasteiger partial charge in [0.2, 0.25) is 17.7 Å². The number of ketones is 1. The topological polar surface area (TPSA) is 159 Å². The van der Waals surface area contributed by atoms with Gasteiger partial charge in [0, 0.05) is 24.3 Å². The van der Waals surface area contributed by atoms with Crippen LogP contribution in [0.2, 0.25) is 0 Å². The normalized spacial score (nSPS) is 31.7. The summed E-state index contributed by atoms with van der Waals surface area (Å²) in [4.78, 5) is 57.7. The summed E-state index contributed by atoms with van der Waals surface area (Å²) in [6.07, 6.45) is 2.66. The second-order valence-corrected chi connectivity index (χ2v) is 10.1. The van der Waals surface area contributed by atoms with Crippen molar-refractivity contribution in [3.05, 3.63) is 12.1 Å². The number of aromatic nitrogens is 1. The summed E-state index contributed by atoms with van der Waals surface area (Å²) >= 11 is 1.41. The lowest BCUT2D eigenvalue weighted by molar-refractivity contribution is -0.160. The Labute approximate surface area is 194 Å². The number of aromatic hydroxyl groups is 2. The van der Waals surface area contributed by atoms with Gasteiger partial charge in [-0.05, 0) is 19.3 Å². The molecule has 33 heavy (non-hydrogen) atoms. The number of amides is 3. The van der Waals surface area contributed by atoms with E-state index in [1.54, 1.807) is 0 Å². The monoisotopic (exact) mass is 480 g/mol. The quantitative estimate of drug-likeness (QED) is 0.302. The summed E-state index contributed by atoms with van der Waals surface area (Å²) in [6, 6.07) is 1.22. The lowest BCUT2D eigenvalue weighted by Gasteiger charge is -2.36. The molecule has 5 N–H and O–H groups in total. The Morgan fingerprint density at radius 2 is 1.94 bits per heavy atom. The van der Waals surface area contributed by atoms with Crippen LogP contribution in [0.15, 0.2) is 12.1 Å². The molecule has 11 nitrogen and oxygen atoms in total. The van der Waals surface area contributed by atoms with Crippen LogP contribution < -0.4 is 20.8 Å². The summed E-state index contributed by atoms with van der Waals surface area (Å²) in [7, 11) is 0. The van der Waals surface area contributed by atoms with Gasteiger partial charge in [-0.2, -0.15) is 0 Å². The Morgan fingerprint density at radius 3 is 2.64 bits per heavy atom. The predicted octanol–water partition coefficient (Wildman–Crippen LogP) is 0.578. The maximum atomic E-state index is 13.8. The summed E-state index contributed by atoms with van der Waals surface area (Å²) in [5.74, 6) is -2.60. The van der Waals surface area contributed by atoms with E-state index in [9.17, 15) is 29.4 Å². The number of hydrogen-bond donors (Lipinski definition) is 5.